The van der Waals surface area contributed by atoms with E-state index in [4.69, 9.17) is 32.4 Å². The number of anilines is 1. The number of halogens is 2. The Kier molecular flexibility index (Phi) is 8.02. The zero-order valence-corrected chi connectivity index (χ0v) is 20.0. The molecule has 1 fully saturated rings. The van der Waals surface area contributed by atoms with Gasteiger partial charge in [0.25, 0.3) is 6.01 Å². The number of hydrogen-bond acceptors (Lipinski definition) is 6. The summed E-state index contributed by atoms with van der Waals surface area (Å²) in [5.74, 6) is 1.14. The van der Waals surface area contributed by atoms with Crippen molar-refractivity contribution in [1.29, 1.82) is 0 Å². The SMILES string of the molecule is C=CCOc1cc(Cl)c(Cl)cc1C(NSC(C)(C)C)C1CCN(c2ncco2)CC1. The molecule has 0 radical (unpaired) electrons. The van der Waals surface area contributed by atoms with Crippen LogP contribution in [0.3, 0.4) is 0 Å². The van der Waals surface area contributed by atoms with Gasteiger partial charge in [-0.25, -0.2) is 4.98 Å². The van der Waals surface area contributed by atoms with Crippen molar-refractivity contribution < 1.29 is 9.15 Å². The summed E-state index contributed by atoms with van der Waals surface area (Å²) in [6.07, 6.45) is 7.01. The Morgan fingerprint density at radius 1 is 1.33 bits per heavy atom. The van der Waals surface area contributed by atoms with Crippen molar-refractivity contribution in [1.82, 2.24) is 9.71 Å². The number of rotatable bonds is 8. The van der Waals surface area contributed by atoms with Gasteiger partial charge in [-0.3, -0.25) is 4.72 Å². The molecule has 0 amide bonds. The summed E-state index contributed by atoms with van der Waals surface area (Å²) in [4.78, 5) is 6.47. The van der Waals surface area contributed by atoms with Crippen molar-refractivity contribution in [2.75, 3.05) is 24.6 Å². The molecule has 1 saturated heterocycles. The van der Waals surface area contributed by atoms with E-state index in [1.54, 1.807) is 36.6 Å². The van der Waals surface area contributed by atoms with Gasteiger partial charge >= 0.3 is 0 Å². The standard InChI is InChI=1S/C22H29Cl2N3O2S/c1-5-11-28-19-14-18(24)17(23)13-16(19)20(26-30-22(2,3)4)15-6-9-27(10-7-15)21-25-8-12-29-21/h5,8,12-15,20,26H,1,6-7,9-11H2,2-4H3. The Labute approximate surface area is 193 Å². The van der Waals surface area contributed by atoms with Gasteiger partial charge in [0.2, 0.25) is 0 Å². The van der Waals surface area contributed by atoms with Gasteiger partial charge in [0.15, 0.2) is 0 Å². The lowest BCUT2D eigenvalue weighted by molar-refractivity contribution is 0.306. The monoisotopic (exact) mass is 469 g/mol. The molecule has 3 rings (SSSR count). The van der Waals surface area contributed by atoms with E-state index in [9.17, 15) is 0 Å². The van der Waals surface area contributed by atoms with Crippen LogP contribution in [-0.4, -0.2) is 29.4 Å². The molecule has 1 atom stereocenters. The van der Waals surface area contributed by atoms with E-state index in [-0.39, 0.29) is 10.8 Å². The average Bonchev–Trinajstić information content (AvgIpc) is 3.24. The van der Waals surface area contributed by atoms with E-state index in [1.807, 2.05) is 6.07 Å². The van der Waals surface area contributed by atoms with Gasteiger partial charge in [-0.1, -0.05) is 47.8 Å². The van der Waals surface area contributed by atoms with Gasteiger partial charge in [-0.2, -0.15) is 0 Å². The highest BCUT2D eigenvalue weighted by atomic mass is 35.5. The number of ether oxygens (including phenoxy) is 1. The Morgan fingerprint density at radius 2 is 2.03 bits per heavy atom. The molecule has 5 nitrogen and oxygen atoms in total. The number of nitrogens with zero attached hydrogens (tertiary/aromatic N) is 2. The maximum Gasteiger partial charge on any atom is 0.297 e. The normalized spacial score (nSPS) is 16.5. The molecule has 2 heterocycles. The van der Waals surface area contributed by atoms with Gasteiger partial charge < -0.3 is 14.1 Å². The molecule has 1 aliphatic heterocycles. The van der Waals surface area contributed by atoms with Crippen molar-refractivity contribution in [2.45, 2.75) is 44.4 Å². The molecule has 0 aliphatic carbocycles. The fourth-order valence-corrected chi connectivity index (χ4v) is 4.64. The summed E-state index contributed by atoms with van der Waals surface area (Å²) < 4.78 is 15.2. The van der Waals surface area contributed by atoms with Crippen LogP contribution >= 0.6 is 35.1 Å². The van der Waals surface area contributed by atoms with E-state index in [0.29, 0.717) is 28.6 Å². The van der Waals surface area contributed by atoms with Crippen LogP contribution in [0.4, 0.5) is 6.01 Å². The number of oxazole rings is 1. The predicted molar refractivity (Wildman–Crippen MR) is 127 cm³/mol. The molecule has 30 heavy (non-hydrogen) atoms. The summed E-state index contributed by atoms with van der Waals surface area (Å²) in [5, 5.41) is 1.02. The second kappa shape index (κ2) is 10.3. The third-order valence-electron chi connectivity index (χ3n) is 4.94. The van der Waals surface area contributed by atoms with Crippen LogP contribution in [0, 0.1) is 5.92 Å². The molecule has 0 bridgehead atoms. The van der Waals surface area contributed by atoms with Gasteiger partial charge in [0.1, 0.15) is 18.6 Å². The first-order valence-corrected chi connectivity index (χ1v) is 11.7. The van der Waals surface area contributed by atoms with Crippen LogP contribution in [0.15, 0.2) is 41.7 Å². The second-order valence-corrected chi connectivity index (χ2v) is 10.8. The average molecular weight is 470 g/mol. The van der Waals surface area contributed by atoms with E-state index < -0.39 is 0 Å². The van der Waals surface area contributed by atoms with Gasteiger partial charge in [-0.15, -0.1) is 0 Å². The highest BCUT2D eigenvalue weighted by molar-refractivity contribution is 7.98. The highest BCUT2D eigenvalue weighted by Gasteiger charge is 2.32. The van der Waals surface area contributed by atoms with Crippen molar-refractivity contribution in [2.24, 2.45) is 5.92 Å². The minimum Gasteiger partial charge on any atom is -0.489 e. The highest BCUT2D eigenvalue weighted by Crippen LogP contribution is 2.42. The third kappa shape index (κ3) is 6.10. The number of benzene rings is 1. The van der Waals surface area contributed by atoms with E-state index >= 15 is 0 Å². The first-order chi connectivity index (χ1) is 14.3. The first kappa shape index (κ1) is 23.3. The molecular weight excluding hydrogens is 441 g/mol. The fourth-order valence-electron chi connectivity index (χ4n) is 3.51. The lowest BCUT2D eigenvalue weighted by atomic mass is 9.85. The molecule has 8 heteroatoms. The second-order valence-electron chi connectivity index (χ2n) is 8.35. The van der Waals surface area contributed by atoms with Crippen LogP contribution in [0.25, 0.3) is 0 Å². The van der Waals surface area contributed by atoms with Crippen LogP contribution in [0.5, 0.6) is 5.75 Å². The van der Waals surface area contributed by atoms with Crippen LogP contribution in [0.2, 0.25) is 10.0 Å². The Morgan fingerprint density at radius 3 is 2.63 bits per heavy atom. The van der Waals surface area contributed by atoms with Gasteiger partial charge in [0, 0.05) is 35.5 Å². The van der Waals surface area contributed by atoms with E-state index in [0.717, 1.165) is 37.2 Å². The van der Waals surface area contributed by atoms with Crippen molar-refractivity contribution in [3.63, 3.8) is 0 Å². The Bertz CT molecular complexity index is 832. The summed E-state index contributed by atoms with van der Waals surface area (Å²) in [7, 11) is 0. The molecule has 1 N–H and O–H groups in total. The maximum atomic E-state index is 6.41. The van der Waals surface area contributed by atoms with Crippen LogP contribution in [-0.2, 0) is 0 Å². The quantitative estimate of drug-likeness (QED) is 0.349. The zero-order chi connectivity index (χ0) is 21.7. The minimum absolute atomic E-state index is 0.0649. The molecule has 164 valence electrons. The smallest absolute Gasteiger partial charge is 0.297 e. The predicted octanol–water partition coefficient (Wildman–Crippen LogP) is 6.54. The minimum atomic E-state index is 0.0649. The first-order valence-electron chi connectivity index (χ1n) is 10.1. The molecule has 0 spiro atoms. The topological polar surface area (TPSA) is 50.5 Å². The Hall–Kier alpha value is -1.34. The lowest BCUT2D eigenvalue weighted by Gasteiger charge is -2.37. The molecule has 1 aliphatic rings. The van der Waals surface area contributed by atoms with Crippen LogP contribution in [0.1, 0.15) is 45.2 Å². The third-order valence-corrected chi connectivity index (χ3v) is 6.64. The summed E-state index contributed by atoms with van der Waals surface area (Å²) in [6.45, 7) is 12.5. The van der Waals surface area contributed by atoms with E-state index in [2.05, 4.69) is 42.0 Å². The number of piperidine rings is 1. The summed E-state index contributed by atoms with van der Waals surface area (Å²) in [6, 6.07) is 4.49. The largest absolute Gasteiger partial charge is 0.489 e. The van der Waals surface area contributed by atoms with Crippen molar-refractivity contribution in [3.8, 4) is 5.75 Å². The molecule has 1 aromatic carbocycles. The van der Waals surface area contributed by atoms with Crippen molar-refractivity contribution in [3.05, 3.63) is 52.9 Å². The number of nitrogens with one attached hydrogen (secondary N) is 1. The molecular formula is C22H29Cl2N3O2S. The zero-order valence-electron chi connectivity index (χ0n) is 17.7. The lowest BCUT2D eigenvalue weighted by Crippen LogP contribution is -2.39. The molecule has 1 aromatic heterocycles. The summed E-state index contributed by atoms with van der Waals surface area (Å²) in [5.41, 5.74) is 1.03. The maximum absolute atomic E-state index is 6.41. The summed E-state index contributed by atoms with van der Waals surface area (Å²) >= 11 is 14.4. The van der Waals surface area contributed by atoms with Gasteiger partial charge in [0.05, 0.1) is 16.2 Å². The van der Waals surface area contributed by atoms with Gasteiger partial charge in [-0.05, 0) is 45.6 Å². The number of hydrogen-bond donors (Lipinski definition) is 1. The molecule has 2 aromatic rings. The fraction of sp³-hybridized carbons (Fsp3) is 0.500. The Balaban J connectivity index is 1.86. The molecule has 1 unspecified atom stereocenters. The van der Waals surface area contributed by atoms with Crippen LogP contribution < -0.4 is 14.4 Å². The van der Waals surface area contributed by atoms with Crippen molar-refractivity contribution >= 4 is 41.2 Å². The van der Waals surface area contributed by atoms with E-state index in [1.165, 1.54) is 0 Å². The molecule has 0 saturated carbocycles. The number of aromatic nitrogens is 1.